The molecule has 316 valence electrons. The van der Waals surface area contributed by atoms with Gasteiger partial charge in [0.15, 0.2) is 11.6 Å². The van der Waals surface area contributed by atoms with Crippen molar-refractivity contribution in [2.75, 3.05) is 65.9 Å². The number of nitrogens with zero attached hydrogens (tertiary/aromatic N) is 7. The fraction of sp³-hybridized carbons (Fsp3) is 0.255. The van der Waals surface area contributed by atoms with E-state index in [4.69, 9.17) is 35.5 Å². The quantitative estimate of drug-likeness (QED) is 0.0846. The summed E-state index contributed by atoms with van der Waals surface area (Å²) in [5.74, 6) is 1.76. The number of piperazine rings is 1. The number of fused-ring (bicyclic) bond motifs is 8. The molecule has 15 heteroatoms. The number of esters is 1. The maximum atomic E-state index is 15.0. The number of benzene rings is 5. The third kappa shape index (κ3) is 8.11. The molecule has 0 spiro atoms. The van der Waals surface area contributed by atoms with Crippen LogP contribution in [0, 0.1) is 5.82 Å². The van der Waals surface area contributed by atoms with E-state index >= 15 is 4.39 Å². The summed E-state index contributed by atoms with van der Waals surface area (Å²) in [5, 5.41) is 12.7. The minimum absolute atomic E-state index is 0.150. The number of anilines is 1. The topological polar surface area (TPSA) is 128 Å². The van der Waals surface area contributed by atoms with Gasteiger partial charge in [-0.25, -0.2) is 28.7 Å². The van der Waals surface area contributed by atoms with Gasteiger partial charge >= 0.3 is 5.97 Å². The van der Waals surface area contributed by atoms with Gasteiger partial charge in [-0.1, -0.05) is 48.0 Å². The molecule has 1 saturated heterocycles. The first-order chi connectivity index (χ1) is 30.3. The highest BCUT2D eigenvalue weighted by molar-refractivity contribution is 6.43. The van der Waals surface area contributed by atoms with Gasteiger partial charge in [0.1, 0.15) is 54.2 Å². The SMILES string of the molecule is COC(=O)[C@H](Cc1ccccc1OCc1ccnc(-c2ccccc2OC)n1)Nc1ncnn2cc3c4ccc(F)cc4c4c(Cl)c(OCCN5CCN(C)CC5)ccc4c3c12. The lowest BCUT2D eigenvalue weighted by atomic mass is 9.95. The number of aromatic nitrogens is 5. The Balaban J connectivity index is 1.04. The van der Waals surface area contributed by atoms with E-state index in [9.17, 15) is 4.79 Å². The number of para-hydroxylation sites is 2. The molecule has 13 nitrogen and oxygen atoms in total. The third-order valence-electron chi connectivity index (χ3n) is 11.4. The van der Waals surface area contributed by atoms with Gasteiger partial charge < -0.3 is 29.2 Å². The lowest BCUT2D eigenvalue weighted by Gasteiger charge is -2.32. The Morgan fingerprint density at radius 3 is 2.47 bits per heavy atom. The number of methoxy groups -OCH3 is 2. The average molecular weight is 855 g/mol. The van der Waals surface area contributed by atoms with Gasteiger partial charge in [0.05, 0.1) is 30.5 Å². The molecule has 5 aromatic carbocycles. The molecule has 4 heterocycles. The zero-order chi connectivity index (χ0) is 42.7. The fourth-order valence-electron chi connectivity index (χ4n) is 8.17. The summed E-state index contributed by atoms with van der Waals surface area (Å²) in [5.41, 5.74) is 2.79. The Morgan fingerprint density at radius 2 is 1.65 bits per heavy atom. The van der Waals surface area contributed by atoms with E-state index in [-0.39, 0.29) is 18.8 Å². The molecule has 0 aliphatic carbocycles. The van der Waals surface area contributed by atoms with E-state index in [2.05, 4.69) is 37.2 Å². The molecule has 1 aliphatic heterocycles. The Morgan fingerprint density at radius 1 is 0.855 bits per heavy atom. The molecule has 0 saturated carbocycles. The molecule has 1 N–H and O–H groups in total. The monoisotopic (exact) mass is 854 g/mol. The molecule has 8 aromatic rings. The number of rotatable bonds is 14. The molecule has 1 fully saturated rings. The first kappa shape index (κ1) is 40.8. The van der Waals surface area contributed by atoms with Crippen LogP contribution in [-0.2, 0) is 22.6 Å². The van der Waals surface area contributed by atoms with Crippen molar-refractivity contribution in [3.8, 4) is 28.6 Å². The number of carbonyl (C=O) groups excluding carboxylic acids is 1. The molecule has 0 radical (unpaired) electrons. The van der Waals surface area contributed by atoms with Crippen LogP contribution in [0.1, 0.15) is 11.3 Å². The van der Waals surface area contributed by atoms with E-state index in [0.29, 0.717) is 62.5 Å². The molecule has 1 atom stereocenters. The van der Waals surface area contributed by atoms with Crippen LogP contribution in [0.2, 0.25) is 5.02 Å². The van der Waals surface area contributed by atoms with Gasteiger partial charge in [0.2, 0.25) is 0 Å². The summed E-state index contributed by atoms with van der Waals surface area (Å²) in [4.78, 5) is 32.2. The van der Waals surface area contributed by atoms with Gasteiger partial charge in [0, 0.05) is 67.7 Å². The lowest BCUT2D eigenvalue weighted by molar-refractivity contribution is -0.141. The highest BCUT2D eigenvalue weighted by atomic mass is 35.5. The van der Waals surface area contributed by atoms with Crippen molar-refractivity contribution in [2.45, 2.75) is 19.1 Å². The second-order valence-corrected chi connectivity index (χ2v) is 15.6. The first-order valence-corrected chi connectivity index (χ1v) is 20.7. The smallest absolute Gasteiger partial charge is 0.328 e. The van der Waals surface area contributed by atoms with Crippen molar-refractivity contribution in [1.29, 1.82) is 0 Å². The minimum Gasteiger partial charge on any atom is -0.496 e. The number of nitrogens with one attached hydrogen (secondary N) is 1. The average Bonchev–Trinajstić information content (AvgIpc) is 3.70. The Hall–Kier alpha value is -6.61. The van der Waals surface area contributed by atoms with Crippen LogP contribution < -0.4 is 19.5 Å². The van der Waals surface area contributed by atoms with Crippen molar-refractivity contribution in [3.63, 3.8) is 0 Å². The van der Waals surface area contributed by atoms with Crippen molar-refractivity contribution in [2.24, 2.45) is 0 Å². The molecule has 0 unspecified atom stereocenters. The van der Waals surface area contributed by atoms with Crippen LogP contribution in [0.25, 0.3) is 49.2 Å². The molecule has 62 heavy (non-hydrogen) atoms. The summed E-state index contributed by atoms with van der Waals surface area (Å²) in [6.45, 7) is 5.33. The standard InChI is InChI=1S/C47H44ClFN8O5/c1-55-18-20-56(21-19-55)22-23-61-40-15-14-34-41(43(40)48)35-25-30(49)12-13-32(35)36-26-57-44(42(34)36)46(51-28-52-57)54-37(47(58)60-3)24-29-8-4-6-10-38(29)62-27-31-16-17-50-45(53-31)33-9-5-7-11-39(33)59-2/h4-17,25-26,28,37H,18-24,27H2,1-3H3,(H,51,52,54)/t37-/m0/s1. The van der Waals surface area contributed by atoms with Crippen molar-refractivity contribution >= 4 is 61.2 Å². The second-order valence-electron chi connectivity index (χ2n) is 15.2. The van der Waals surface area contributed by atoms with Crippen molar-refractivity contribution in [3.05, 3.63) is 126 Å². The predicted molar refractivity (Wildman–Crippen MR) is 238 cm³/mol. The van der Waals surface area contributed by atoms with Gasteiger partial charge in [0.25, 0.3) is 0 Å². The number of hydrogen-bond acceptors (Lipinski definition) is 12. The summed E-state index contributed by atoms with van der Waals surface area (Å²) in [7, 11) is 5.09. The predicted octanol–water partition coefficient (Wildman–Crippen LogP) is 7.85. The largest absolute Gasteiger partial charge is 0.496 e. The highest BCUT2D eigenvalue weighted by Gasteiger charge is 2.26. The summed E-state index contributed by atoms with van der Waals surface area (Å²) >= 11 is 7.23. The second kappa shape index (κ2) is 17.8. The summed E-state index contributed by atoms with van der Waals surface area (Å²) in [6.07, 6.45) is 5.18. The Bertz CT molecular complexity index is 2940. The van der Waals surface area contributed by atoms with Crippen LogP contribution in [0.4, 0.5) is 10.2 Å². The first-order valence-electron chi connectivity index (χ1n) is 20.3. The van der Waals surface area contributed by atoms with Crippen LogP contribution in [0.5, 0.6) is 17.2 Å². The number of halogens is 2. The summed E-state index contributed by atoms with van der Waals surface area (Å²) in [6, 6.07) is 24.5. The number of likely N-dealkylation sites (N-methyl/N-ethyl adjacent to an activating group) is 1. The van der Waals surface area contributed by atoms with Crippen LogP contribution >= 0.6 is 11.6 Å². The van der Waals surface area contributed by atoms with E-state index in [1.807, 2.05) is 66.9 Å². The maximum absolute atomic E-state index is 15.0. The number of ether oxygens (including phenoxy) is 4. The number of carbonyl (C=O) groups is 1. The van der Waals surface area contributed by atoms with E-state index in [1.165, 1.54) is 25.6 Å². The zero-order valence-electron chi connectivity index (χ0n) is 34.5. The van der Waals surface area contributed by atoms with Crippen molar-refractivity contribution < 1.29 is 28.1 Å². The molecule has 0 bridgehead atoms. The maximum Gasteiger partial charge on any atom is 0.328 e. The molecular formula is C47H44ClFN8O5. The minimum atomic E-state index is -0.894. The lowest BCUT2D eigenvalue weighted by Crippen LogP contribution is -2.45. The molecular weight excluding hydrogens is 811 g/mol. The normalized spacial score (nSPS) is 14.1. The molecule has 1 aliphatic rings. The Kier molecular flexibility index (Phi) is 11.7. The van der Waals surface area contributed by atoms with Crippen LogP contribution in [0.15, 0.2) is 104 Å². The van der Waals surface area contributed by atoms with Crippen LogP contribution in [0.3, 0.4) is 0 Å². The van der Waals surface area contributed by atoms with Gasteiger partial charge in [-0.2, -0.15) is 5.10 Å². The number of hydrogen-bond donors (Lipinski definition) is 1. The van der Waals surface area contributed by atoms with E-state index in [1.54, 1.807) is 30.0 Å². The molecule has 9 rings (SSSR count). The van der Waals surface area contributed by atoms with Crippen LogP contribution in [-0.4, -0.2) is 107 Å². The Labute approximate surface area is 362 Å². The highest BCUT2D eigenvalue weighted by Crippen LogP contribution is 2.45. The zero-order valence-corrected chi connectivity index (χ0v) is 35.2. The van der Waals surface area contributed by atoms with Gasteiger partial charge in [-0.15, -0.1) is 0 Å². The van der Waals surface area contributed by atoms with Gasteiger partial charge in [-0.3, -0.25) is 4.90 Å². The summed E-state index contributed by atoms with van der Waals surface area (Å²) < 4.78 is 40.2. The van der Waals surface area contributed by atoms with E-state index in [0.717, 1.165) is 65.4 Å². The van der Waals surface area contributed by atoms with Crippen molar-refractivity contribution in [1.82, 2.24) is 34.4 Å². The fourth-order valence-corrected chi connectivity index (χ4v) is 8.49. The van der Waals surface area contributed by atoms with E-state index < -0.39 is 12.0 Å². The van der Waals surface area contributed by atoms with Gasteiger partial charge in [-0.05, 0) is 77.3 Å². The molecule has 3 aromatic heterocycles. The molecule has 0 amide bonds. The third-order valence-corrected chi connectivity index (χ3v) is 11.8.